The van der Waals surface area contributed by atoms with Gasteiger partial charge in [-0.15, -0.1) is 0 Å². The fourth-order valence-electron chi connectivity index (χ4n) is 4.50. The summed E-state index contributed by atoms with van der Waals surface area (Å²) in [5.74, 6) is 0.561. The van der Waals surface area contributed by atoms with Crippen molar-refractivity contribution in [2.45, 2.75) is 44.6 Å². The number of anilines is 2. The van der Waals surface area contributed by atoms with Crippen molar-refractivity contribution in [3.8, 4) is 0 Å². The molecule has 7 nitrogen and oxygen atoms in total. The fraction of sp³-hybridized carbons (Fsp3) is 0.385. The molecule has 0 spiro atoms. The minimum Gasteiger partial charge on any atom is -0.370 e. The summed E-state index contributed by atoms with van der Waals surface area (Å²) in [4.78, 5) is 35.1. The number of aryl methyl sites for hydroxylation is 1. The van der Waals surface area contributed by atoms with Crippen molar-refractivity contribution in [1.29, 1.82) is 0 Å². The lowest BCUT2D eigenvalue weighted by atomic mass is 9.94. The van der Waals surface area contributed by atoms with E-state index in [4.69, 9.17) is 17.2 Å². The van der Waals surface area contributed by atoms with Gasteiger partial charge in [0.15, 0.2) is 5.11 Å². The van der Waals surface area contributed by atoms with Crippen LogP contribution < -0.4 is 21.1 Å². The van der Waals surface area contributed by atoms with Gasteiger partial charge in [-0.2, -0.15) is 11.8 Å². The molecule has 0 radical (unpaired) electrons. The number of carbonyl (C=O) groups is 1. The first-order valence-corrected chi connectivity index (χ1v) is 13.7. The number of benzene rings is 2. The average molecular weight is 510 g/mol. The molecular weight excluding hydrogens is 478 g/mol. The fourth-order valence-corrected chi connectivity index (χ4v) is 5.10. The van der Waals surface area contributed by atoms with E-state index in [1.165, 1.54) is 19.3 Å². The number of hydrogen-bond acceptors (Lipinski definition) is 6. The van der Waals surface area contributed by atoms with Gasteiger partial charge in [0.25, 0.3) is 11.5 Å². The van der Waals surface area contributed by atoms with Crippen molar-refractivity contribution in [2.75, 3.05) is 29.3 Å². The Morgan fingerprint density at radius 1 is 1.20 bits per heavy atom. The zero-order valence-corrected chi connectivity index (χ0v) is 21.7. The lowest BCUT2D eigenvalue weighted by molar-refractivity contribution is 0.0977. The first kappa shape index (κ1) is 25.2. The largest absolute Gasteiger partial charge is 0.370 e. The maximum absolute atomic E-state index is 12.6. The van der Waals surface area contributed by atoms with Crippen LogP contribution in [0.4, 0.5) is 11.4 Å². The summed E-state index contributed by atoms with van der Waals surface area (Å²) in [7, 11) is 2.09. The van der Waals surface area contributed by atoms with Gasteiger partial charge < -0.3 is 15.2 Å². The maximum atomic E-state index is 12.6. The molecule has 1 aliphatic rings. The van der Waals surface area contributed by atoms with Gasteiger partial charge in [0.1, 0.15) is 5.69 Å². The summed E-state index contributed by atoms with van der Waals surface area (Å²) >= 11 is 7.17. The summed E-state index contributed by atoms with van der Waals surface area (Å²) < 4.78 is 0. The van der Waals surface area contributed by atoms with Crippen LogP contribution in [0.25, 0.3) is 11.0 Å². The second-order valence-electron chi connectivity index (χ2n) is 8.82. The second kappa shape index (κ2) is 11.7. The molecule has 0 bridgehead atoms. The maximum Gasteiger partial charge on any atom is 0.270 e. The highest BCUT2D eigenvalue weighted by Gasteiger charge is 2.22. The number of thiocarbonyl (C=S) groups is 1. The Balaban J connectivity index is 1.66. The van der Waals surface area contributed by atoms with Crippen molar-refractivity contribution in [3.05, 3.63) is 64.1 Å². The Bertz CT molecular complexity index is 1260. The monoisotopic (exact) mass is 509 g/mol. The molecule has 1 aliphatic carbocycles. The van der Waals surface area contributed by atoms with Crippen molar-refractivity contribution in [3.63, 3.8) is 0 Å². The van der Waals surface area contributed by atoms with E-state index in [1.54, 1.807) is 23.9 Å². The number of amides is 1. The smallest absolute Gasteiger partial charge is 0.270 e. The SMILES string of the molecule is CSCCc1nc2cc(N(C)C3CCCCC3)c(NC(=S)NC(=O)c3ccccc3)cc2[nH]c1=O. The summed E-state index contributed by atoms with van der Waals surface area (Å²) in [5.41, 5.74) is 3.93. The van der Waals surface area contributed by atoms with Gasteiger partial charge in [0, 0.05) is 25.1 Å². The quantitative estimate of drug-likeness (QED) is 0.397. The third-order valence-corrected chi connectivity index (χ3v) is 7.25. The molecule has 1 saturated carbocycles. The molecule has 0 unspecified atom stereocenters. The summed E-state index contributed by atoms with van der Waals surface area (Å²) in [6, 6.07) is 13.2. The molecule has 2 aromatic carbocycles. The number of H-pyrrole nitrogens is 1. The van der Waals surface area contributed by atoms with Gasteiger partial charge in [-0.1, -0.05) is 37.5 Å². The molecule has 1 aromatic heterocycles. The number of thioether (sulfide) groups is 1. The molecule has 0 atom stereocenters. The number of nitrogens with zero attached hydrogens (tertiary/aromatic N) is 2. The van der Waals surface area contributed by atoms with E-state index in [1.807, 2.05) is 36.6 Å². The highest BCUT2D eigenvalue weighted by molar-refractivity contribution is 7.98. The Hall–Kier alpha value is -2.91. The van der Waals surface area contributed by atoms with Crippen LogP contribution in [0.3, 0.4) is 0 Å². The topological polar surface area (TPSA) is 90.1 Å². The molecule has 184 valence electrons. The normalized spacial score (nSPS) is 14.0. The van der Waals surface area contributed by atoms with Gasteiger partial charge >= 0.3 is 0 Å². The van der Waals surface area contributed by atoms with Gasteiger partial charge in [0.05, 0.1) is 22.4 Å². The molecule has 9 heteroatoms. The van der Waals surface area contributed by atoms with Gasteiger partial charge in [-0.05, 0) is 61.3 Å². The van der Waals surface area contributed by atoms with Crippen LogP contribution in [-0.2, 0) is 6.42 Å². The average Bonchev–Trinajstić information content (AvgIpc) is 2.87. The molecule has 3 N–H and O–H groups in total. The van der Waals surface area contributed by atoms with Crippen molar-refractivity contribution in [1.82, 2.24) is 15.3 Å². The van der Waals surface area contributed by atoms with E-state index < -0.39 is 0 Å². The molecule has 1 fully saturated rings. The minimum absolute atomic E-state index is 0.175. The number of aromatic amines is 1. The Kier molecular flexibility index (Phi) is 8.41. The second-order valence-corrected chi connectivity index (χ2v) is 10.2. The first-order valence-electron chi connectivity index (χ1n) is 11.9. The van der Waals surface area contributed by atoms with Crippen molar-refractivity contribution in [2.24, 2.45) is 0 Å². The molecular formula is C26H31N5O2S2. The van der Waals surface area contributed by atoms with E-state index in [-0.39, 0.29) is 16.6 Å². The Morgan fingerprint density at radius 3 is 2.66 bits per heavy atom. The predicted octanol–water partition coefficient (Wildman–Crippen LogP) is 4.72. The number of fused-ring (bicyclic) bond motifs is 1. The van der Waals surface area contributed by atoms with E-state index in [0.29, 0.717) is 29.2 Å². The third-order valence-electron chi connectivity index (χ3n) is 6.44. The summed E-state index contributed by atoms with van der Waals surface area (Å²) in [6.45, 7) is 0. The van der Waals surface area contributed by atoms with Crippen LogP contribution >= 0.6 is 24.0 Å². The Labute approximate surface area is 215 Å². The molecule has 4 rings (SSSR count). The number of nitrogens with one attached hydrogen (secondary N) is 3. The van der Waals surface area contributed by atoms with Crippen LogP contribution in [0.5, 0.6) is 0 Å². The summed E-state index contributed by atoms with van der Waals surface area (Å²) in [6.07, 6.45) is 8.58. The van der Waals surface area contributed by atoms with Gasteiger partial charge in [0.2, 0.25) is 0 Å². The molecule has 35 heavy (non-hydrogen) atoms. The first-order chi connectivity index (χ1) is 17.0. The molecule has 1 amide bonds. The van der Waals surface area contributed by atoms with E-state index >= 15 is 0 Å². The van der Waals surface area contributed by atoms with Crippen LogP contribution in [0.15, 0.2) is 47.3 Å². The highest BCUT2D eigenvalue weighted by Crippen LogP contribution is 2.34. The van der Waals surface area contributed by atoms with Crippen LogP contribution in [0.1, 0.15) is 48.2 Å². The number of rotatable bonds is 7. The molecule has 3 aromatic rings. The third kappa shape index (κ3) is 6.21. The lowest BCUT2D eigenvalue weighted by Crippen LogP contribution is -2.36. The van der Waals surface area contributed by atoms with Gasteiger partial charge in [-0.25, -0.2) is 4.98 Å². The van der Waals surface area contributed by atoms with Crippen LogP contribution in [0.2, 0.25) is 0 Å². The van der Waals surface area contributed by atoms with Crippen molar-refractivity contribution < 1.29 is 4.79 Å². The highest BCUT2D eigenvalue weighted by atomic mass is 32.2. The van der Waals surface area contributed by atoms with E-state index in [9.17, 15) is 9.59 Å². The van der Waals surface area contributed by atoms with Crippen LogP contribution in [-0.4, -0.2) is 46.1 Å². The molecule has 1 heterocycles. The molecule has 0 saturated heterocycles. The number of hydrogen-bond donors (Lipinski definition) is 3. The van der Waals surface area contributed by atoms with E-state index in [2.05, 4.69) is 27.6 Å². The van der Waals surface area contributed by atoms with Crippen molar-refractivity contribution >= 4 is 57.4 Å². The number of aromatic nitrogens is 2. The van der Waals surface area contributed by atoms with Crippen LogP contribution in [0, 0.1) is 0 Å². The zero-order chi connectivity index (χ0) is 24.8. The predicted molar refractivity (Wildman–Crippen MR) is 150 cm³/mol. The standard InChI is InChI=1S/C26H31N5O2S2/c1-31(18-11-7-4-8-12-18)23-16-21-20(28-25(33)19(27-21)13-14-35-2)15-22(23)29-26(34)30-24(32)17-9-5-3-6-10-17/h3,5-6,9-10,15-16,18H,4,7-8,11-14H2,1-2H3,(H,28,33)(H2,29,30,32,34). The molecule has 0 aliphatic heterocycles. The van der Waals surface area contributed by atoms with Gasteiger partial charge in [-0.3, -0.25) is 14.9 Å². The Morgan fingerprint density at radius 2 is 1.94 bits per heavy atom. The summed E-state index contributed by atoms with van der Waals surface area (Å²) in [5, 5.41) is 6.15. The zero-order valence-electron chi connectivity index (χ0n) is 20.1. The number of carbonyl (C=O) groups excluding carboxylic acids is 1. The lowest BCUT2D eigenvalue weighted by Gasteiger charge is -2.34. The van der Waals surface area contributed by atoms with E-state index in [0.717, 1.165) is 35.5 Å². The minimum atomic E-state index is -0.278.